The molecule has 0 N–H and O–H groups in total. The van der Waals surface area contributed by atoms with Crippen LogP contribution in [0.3, 0.4) is 0 Å². The van der Waals surface area contributed by atoms with Gasteiger partial charge in [-0.3, -0.25) is 0 Å². The molecule has 0 bridgehead atoms. The van der Waals surface area contributed by atoms with Crippen molar-refractivity contribution in [1.29, 1.82) is 0 Å². The van der Waals surface area contributed by atoms with Gasteiger partial charge in [-0.15, -0.1) is 11.3 Å². The van der Waals surface area contributed by atoms with Gasteiger partial charge in [0.25, 0.3) is 0 Å². The van der Waals surface area contributed by atoms with Gasteiger partial charge >= 0.3 is 0 Å². The first-order chi connectivity index (χ1) is 5.93. The van der Waals surface area contributed by atoms with E-state index in [1.54, 1.807) is 17.6 Å². The lowest BCUT2D eigenvalue weighted by Gasteiger charge is -1.87. The van der Waals surface area contributed by atoms with Gasteiger partial charge in [0.05, 0.1) is 16.5 Å². The van der Waals surface area contributed by atoms with E-state index in [0.29, 0.717) is 0 Å². The molecule has 0 saturated carbocycles. The smallest absolute Gasteiger partial charge is 0.153 e. The van der Waals surface area contributed by atoms with Gasteiger partial charge in [-0.25, -0.2) is 4.98 Å². The molecule has 3 aromatic heterocycles. The van der Waals surface area contributed by atoms with E-state index in [1.165, 1.54) is 4.70 Å². The Morgan fingerprint density at radius 2 is 2.25 bits per heavy atom. The molecule has 3 aromatic rings. The highest BCUT2D eigenvalue weighted by Crippen LogP contribution is 2.23. The van der Waals surface area contributed by atoms with Gasteiger partial charge in [-0.2, -0.15) is 0 Å². The zero-order chi connectivity index (χ0) is 7.97. The normalized spacial score (nSPS) is 11.3. The number of furan rings is 1. The maximum absolute atomic E-state index is 5.24. The molecule has 0 spiro atoms. The fourth-order valence-electron chi connectivity index (χ4n) is 1.28. The number of rotatable bonds is 0. The molecule has 12 heavy (non-hydrogen) atoms. The lowest BCUT2D eigenvalue weighted by atomic mass is 10.3. The van der Waals surface area contributed by atoms with E-state index >= 15 is 0 Å². The van der Waals surface area contributed by atoms with Crippen LogP contribution in [-0.2, 0) is 0 Å². The largest absolute Gasteiger partial charge is 0.463 e. The summed E-state index contributed by atoms with van der Waals surface area (Å²) in [5.41, 5.74) is 2.85. The molecule has 0 aliphatic rings. The first kappa shape index (κ1) is 6.20. The van der Waals surface area contributed by atoms with Gasteiger partial charge < -0.3 is 4.42 Å². The van der Waals surface area contributed by atoms with Crippen molar-refractivity contribution in [2.24, 2.45) is 0 Å². The van der Waals surface area contributed by atoms with E-state index in [4.69, 9.17) is 4.42 Å². The van der Waals surface area contributed by atoms with Crippen molar-refractivity contribution in [2.45, 2.75) is 0 Å². The maximum atomic E-state index is 5.24. The fraction of sp³-hybridized carbons (Fsp3) is 0. The Morgan fingerprint density at radius 3 is 3.25 bits per heavy atom. The van der Waals surface area contributed by atoms with E-state index in [2.05, 4.69) is 4.98 Å². The number of hydrogen-bond acceptors (Lipinski definition) is 3. The summed E-state index contributed by atoms with van der Waals surface area (Å²) in [6.45, 7) is 0. The standard InChI is InChI=1S/C9H5NOS/c1-3-11-8-5-9-7(2-4-12-9)10-6(1)8/h1-5H. The summed E-state index contributed by atoms with van der Waals surface area (Å²) in [7, 11) is 0. The summed E-state index contributed by atoms with van der Waals surface area (Å²) in [6.07, 6.45) is 1.67. The second kappa shape index (κ2) is 2.08. The Bertz CT molecular complexity index is 446. The van der Waals surface area contributed by atoms with Crippen LogP contribution in [-0.4, -0.2) is 4.98 Å². The van der Waals surface area contributed by atoms with Gasteiger partial charge in [-0.1, -0.05) is 0 Å². The average molecular weight is 175 g/mol. The minimum absolute atomic E-state index is 0.866. The van der Waals surface area contributed by atoms with Gasteiger partial charge in [0.15, 0.2) is 5.58 Å². The SMILES string of the molecule is c1cc2nc3ccsc3cc2o1. The number of nitrogens with zero attached hydrogens (tertiary/aromatic N) is 1. The predicted octanol–water partition coefficient (Wildman–Crippen LogP) is 3.04. The molecule has 0 aliphatic carbocycles. The van der Waals surface area contributed by atoms with Crippen LogP contribution in [0.25, 0.3) is 21.3 Å². The van der Waals surface area contributed by atoms with Crippen molar-refractivity contribution in [2.75, 3.05) is 0 Å². The van der Waals surface area contributed by atoms with Gasteiger partial charge in [0.2, 0.25) is 0 Å². The number of hydrogen-bond donors (Lipinski definition) is 0. The second-order valence-corrected chi connectivity index (χ2v) is 3.54. The summed E-state index contributed by atoms with van der Waals surface area (Å²) in [5.74, 6) is 0. The zero-order valence-corrected chi connectivity index (χ0v) is 6.97. The van der Waals surface area contributed by atoms with E-state index in [0.717, 1.165) is 16.6 Å². The third-order valence-corrected chi connectivity index (χ3v) is 2.70. The number of fused-ring (bicyclic) bond motifs is 2. The van der Waals surface area contributed by atoms with E-state index < -0.39 is 0 Å². The van der Waals surface area contributed by atoms with Gasteiger partial charge in [0.1, 0.15) is 5.52 Å². The third-order valence-electron chi connectivity index (χ3n) is 1.85. The maximum Gasteiger partial charge on any atom is 0.153 e. The molecule has 3 heteroatoms. The average Bonchev–Trinajstić information content (AvgIpc) is 2.64. The van der Waals surface area contributed by atoms with Crippen molar-refractivity contribution in [3.05, 3.63) is 29.8 Å². The first-order valence-corrected chi connectivity index (χ1v) is 4.53. The molecular formula is C9H5NOS. The third kappa shape index (κ3) is 0.713. The molecule has 3 rings (SSSR count). The highest BCUT2D eigenvalue weighted by atomic mass is 32.1. The molecule has 0 unspecified atom stereocenters. The zero-order valence-electron chi connectivity index (χ0n) is 6.15. The van der Waals surface area contributed by atoms with Crippen LogP contribution in [0.4, 0.5) is 0 Å². The minimum atomic E-state index is 0.866. The monoisotopic (exact) mass is 175 g/mol. The van der Waals surface area contributed by atoms with E-state index in [1.807, 2.05) is 23.6 Å². The van der Waals surface area contributed by atoms with Crippen molar-refractivity contribution >= 4 is 32.7 Å². The summed E-state index contributed by atoms with van der Waals surface area (Å²) >= 11 is 1.68. The predicted molar refractivity (Wildman–Crippen MR) is 49.4 cm³/mol. The lowest BCUT2D eigenvalue weighted by molar-refractivity contribution is 0.616. The van der Waals surface area contributed by atoms with Crippen molar-refractivity contribution in [3.63, 3.8) is 0 Å². The Kier molecular flexibility index (Phi) is 1.07. The first-order valence-electron chi connectivity index (χ1n) is 3.65. The molecule has 0 amide bonds. The molecule has 0 fully saturated rings. The summed E-state index contributed by atoms with van der Waals surface area (Å²) < 4.78 is 6.42. The van der Waals surface area contributed by atoms with E-state index in [-0.39, 0.29) is 0 Å². The van der Waals surface area contributed by atoms with Crippen LogP contribution in [0, 0.1) is 0 Å². The van der Waals surface area contributed by atoms with Crippen LogP contribution in [0.15, 0.2) is 34.3 Å². The molecule has 0 aliphatic heterocycles. The Hall–Kier alpha value is -1.35. The van der Waals surface area contributed by atoms with Crippen molar-refractivity contribution < 1.29 is 4.42 Å². The molecule has 3 heterocycles. The number of thiophene rings is 1. The van der Waals surface area contributed by atoms with Crippen molar-refractivity contribution in [3.8, 4) is 0 Å². The quantitative estimate of drug-likeness (QED) is 0.525. The Balaban J connectivity index is 2.62. The summed E-state index contributed by atoms with van der Waals surface area (Å²) in [4.78, 5) is 4.41. The molecule has 58 valence electrons. The van der Waals surface area contributed by atoms with Gasteiger partial charge in [0, 0.05) is 12.1 Å². The lowest BCUT2D eigenvalue weighted by Crippen LogP contribution is -1.71. The highest BCUT2D eigenvalue weighted by Gasteiger charge is 2.01. The minimum Gasteiger partial charge on any atom is -0.463 e. The number of pyridine rings is 1. The van der Waals surface area contributed by atoms with Crippen LogP contribution >= 0.6 is 11.3 Å². The van der Waals surface area contributed by atoms with Crippen LogP contribution in [0.5, 0.6) is 0 Å². The molecule has 0 aromatic carbocycles. The van der Waals surface area contributed by atoms with Crippen molar-refractivity contribution in [1.82, 2.24) is 4.98 Å². The Morgan fingerprint density at radius 1 is 1.25 bits per heavy atom. The Labute approximate surface area is 72.4 Å². The second-order valence-electron chi connectivity index (χ2n) is 2.60. The molecule has 0 radical (unpaired) electrons. The van der Waals surface area contributed by atoms with E-state index in [9.17, 15) is 0 Å². The molecule has 0 saturated heterocycles. The topological polar surface area (TPSA) is 26.0 Å². The van der Waals surface area contributed by atoms with Crippen LogP contribution in [0.1, 0.15) is 0 Å². The molecular weight excluding hydrogens is 170 g/mol. The fourth-order valence-corrected chi connectivity index (χ4v) is 2.03. The van der Waals surface area contributed by atoms with Crippen LogP contribution in [0.2, 0.25) is 0 Å². The summed E-state index contributed by atoms with van der Waals surface area (Å²) in [5, 5.41) is 2.04. The summed E-state index contributed by atoms with van der Waals surface area (Å²) in [6, 6.07) is 5.93. The molecule has 0 atom stereocenters. The molecule has 2 nitrogen and oxygen atoms in total. The van der Waals surface area contributed by atoms with Gasteiger partial charge in [-0.05, 0) is 11.4 Å². The highest BCUT2D eigenvalue weighted by molar-refractivity contribution is 7.17. The van der Waals surface area contributed by atoms with Crippen LogP contribution < -0.4 is 0 Å². The number of aromatic nitrogens is 1.